The average molecular weight is 350 g/mol. The molecule has 0 spiro atoms. The molecular formula is C18H39NO5. The van der Waals surface area contributed by atoms with E-state index in [9.17, 15) is 4.79 Å². The summed E-state index contributed by atoms with van der Waals surface area (Å²) in [4.78, 5) is 11.7. The first kappa shape index (κ1) is 23.3. The molecule has 6 nitrogen and oxygen atoms in total. The molecule has 0 aliphatic heterocycles. The third-order valence-corrected chi connectivity index (χ3v) is 3.66. The monoisotopic (exact) mass is 349 g/mol. The quantitative estimate of drug-likeness (QED) is 0.385. The van der Waals surface area contributed by atoms with E-state index in [4.69, 9.17) is 18.9 Å². The SMILES string of the molecule is CCCCOCCOCCOCCOCCNC(=O)C(CC)CC.[HH]. The van der Waals surface area contributed by atoms with Crippen LogP contribution in [0.25, 0.3) is 0 Å². The number of carbonyl (C=O) groups excluding carboxylic acids is 1. The molecule has 0 saturated heterocycles. The van der Waals surface area contributed by atoms with Crippen LogP contribution in [0, 0.1) is 5.92 Å². The van der Waals surface area contributed by atoms with Gasteiger partial charge in [0, 0.05) is 20.5 Å². The van der Waals surface area contributed by atoms with Crippen LogP contribution in [0.2, 0.25) is 0 Å². The van der Waals surface area contributed by atoms with Gasteiger partial charge >= 0.3 is 0 Å². The Morgan fingerprint density at radius 2 is 1.25 bits per heavy atom. The van der Waals surface area contributed by atoms with Crippen molar-refractivity contribution in [2.24, 2.45) is 5.92 Å². The predicted molar refractivity (Wildman–Crippen MR) is 97.4 cm³/mol. The second-order valence-corrected chi connectivity index (χ2v) is 5.61. The minimum absolute atomic E-state index is 0. The Morgan fingerprint density at radius 1 is 0.792 bits per heavy atom. The maximum atomic E-state index is 11.7. The number of hydrogen-bond acceptors (Lipinski definition) is 5. The van der Waals surface area contributed by atoms with Crippen LogP contribution in [0.5, 0.6) is 0 Å². The highest BCUT2D eigenvalue weighted by molar-refractivity contribution is 5.78. The molecule has 0 aliphatic carbocycles. The van der Waals surface area contributed by atoms with Crippen LogP contribution in [0.4, 0.5) is 0 Å². The lowest BCUT2D eigenvalue weighted by molar-refractivity contribution is -0.125. The van der Waals surface area contributed by atoms with Crippen LogP contribution in [-0.4, -0.2) is 65.3 Å². The van der Waals surface area contributed by atoms with E-state index < -0.39 is 0 Å². The van der Waals surface area contributed by atoms with Gasteiger partial charge < -0.3 is 24.3 Å². The molecule has 0 bridgehead atoms. The first-order valence-corrected chi connectivity index (χ1v) is 9.34. The van der Waals surface area contributed by atoms with Crippen molar-refractivity contribution in [3.05, 3.63) is 0 Å². The highest BCUT2D eigenvalue weighted by Gasteiger charge is 2.12. The van der Waals surface area contributed by atoms with E-state index in [1.165, 1.54) is 0 Å². The second-order valence-electron chi connectivity index (χ2n) is 5.61. The molecule has 0 aromatic carbocycles. The van der Waals surface area contributed by atoms with Gasteiger partial charge in [0.1, 0.15) is 0 Å². The van der Waals surface area contributed by atoms with Gasteiger partial charge in [0.2, 0.25) is 5.91 Å². The van der Waals surface area contributed by atoms with Crippen molar-refractivity contribution in [2.45, 2.75) is 46.5 Å². The first-order chi connectivity index (χ1) is 11.8. The standard InChI is InChI=1S/C18H37NO5.H2/c1-4-7-9-21-11-13-23-15-16-24-14-12-22-10-8-19-18(20)17(5-2)6-3;/h17H,4-16H2,1-3H3,(H,19,20);1H. The molecule has 0 aromatic heterocycles. The Bertz CT molecular complexity index is 278. The molecule has 0 atom stereocenters. The van der Waals surface area contributed by atoms with E-state index in [1.807, 2.05) is 13.8 Å². The van der Waals surface area contributed by atoms with Gasteiger partial charge in [-0.2, -0.15) is 0 Å². The fourth-order valence-electron chi connectivity index (χ4n) is 2.06. The van der Waals surface area contributed by atoms with Crippen LogP contribution in [0.15, 0.2) is 0 Å². The number of rotatable bonds is 18. The summed E-state index contributed by atoms with van der Waals surface area (Å²) in [6, 6.07) is 0. The maximum Gasteiger partial charge on any atom is 0.223 e. The summed E-state index contributed by atoms with van der Waals surface area (Å²) in [5, 5.41) is 2.89. The lowest BCUT2D eigenvalue weighted by Crippen LogP contribution is -2.32. The average Bonchev–Trinajstić information content (AvgIpc) is 2.59. The summed E-state index contributed by atoms with van der Waals surface area (Å²) in [7, 11) is 0. The molecule has 0 fully saturated rings. The number of amides is 1. The Hall–Kier alpha value is -0.690. The summed E-state index contributed by atoms with van der Waals surface area (Å²) in [6.07, 6.45) is 4.01. The van der Waals surface area contributed by atoms with Gasteiger partial charge in [0.15, 0.2) is 0 Å². The van der Waals surface area contributed by atoms with Crippen molar-refractivity contribution in [1.29, 1.82) is 0 Å². The second kappa shape index (κ2) is 18.6. The zero-order valence-electron chi connectivity index (χ0n) is 15.8. The summed E-state index contributed by atoms with van der Waals surface area (Å²) >= 11 is 0. The zero-order valence-corrected chi connectivity index (χ0v) is 15.8. The minimum atomic E-state index is 0. The molecule has 0 unspecified atom stereocenters. The van der Waals surface area contributed by atoms with Crippen LogP contribution in [0.3, 0.4) is 0 Å². The molecule has 146 valence electrons. The zero-order chi connectivity index (χ0) is 17.9. The van der Waals surface area contributed by atoms with Gasteiger partial charge in [-0.25, -0.2) is 0 Å². The molecule has 0 aliphatic rings. The Morgan fingerprint density at radius 3 is 1.71 bits per heavy atom. The molecule has 1 N–H and O–H groups in total. The largest absolute Gasteiger partial charge is 0.379 e. The van der Waals surface area contributed by atoms with E-state index in [1.54, 1.807) is 0 Å². The number of hydrogen-bond donors (Lipinski definition) is 1. The van der Waals surface area contributed by atoms with Gasteiger partial charge in [-0.05, 0) is 19.3 Å². The molecule has 6 heteroatoms. The normalized spacial score (nSPS) is 11.2. The summed E-state index contributed by atoms with van der Waals surface area (Å²) < 4.78 is 21.6. The van der Waals surface area contributed by atoms with Crippen molar-refractivity contribution in [1.82, 2.24) is 5.32 Å². The first-order valence-electron chi connectivity index (χ1n) is 9.34. The number of unbranched alkanes of at least 4 members (excludes halogenated alkanes) is 1. The van der Waals surface area contributed by atoms with Gasteiger partial charge in [0.25, 0.3) is 0 Å². The van der Waals surface area contributed by atoms with Crippen molar-refractivity contribution in [3.8, 4) is 0 Å². The summed E-state index contributed by atoms with van der Waals surface area (Å²) in [5.41, 5.74) is 0. The molecule has 0 saturated carbocycles. The fraction of sp³-hybridized carbons (Fsp3) is 0.944. The smallest absolute Gasteiger partial charge is 0.223 e. The van der Waals surface area contributed by atoms with Gasteiger partial charge in [-0.3, -0.25) is 4.79 Å². The third kappa shape index (κ3) is 14.9. The van der Waals surface area contributed by atoms with E-state index >= 15 is 0 Å². The summed E-state index contributed by atoms with van der Waals surface area (Å²) in [5.74, 6) is 0.237. The molecule has 0 heterocycles. The molecule has 24 heavy (non-hydrogen) atoms. The van der Waals surface area contributed by atoms with E-state index in [0.29, 0.717) is 52.8 Å². The lowest BCUT2D eigenvalue weighted by atomic mass is 10.0. The predicted octanol–water partition coefficient (Wildman–Crippen LogP) is 2.65. The Balaban J connectivity index is 0. The van der Waals surface area contributed by atoms with Crippen LogP contribution < -0.4 is 5.32 Å². The van der Waals surface area contributed by atoms with E-state index in [2.05, 4.69) is 12.2 Å². The van der Waals surface area contributed by atoms with Gasteiger partial charge in [-0.15, -0.1) is 0 Å². The van der Waals surface area contributed by atoms with Crippen LogP contribution in [0.1, 0.15) is 47.9 Å². The van der Waals surface area contributed by atoms with Gasteiger partial charge in [0.05, 0.1) is 46.2 Å². The molecule has 0 radical (unpaired) electrons. The summed E-state index contributed by atoms with van der Waals surface area (Å²) in [6.45, 7) is 11.5. The Kier molecular flexibility index (Phi) is 18.1. The fourth-order valence-corrected chi connectivity index (χ4v) is 2.06. The van der Waals surface area contributed by atoms with Crippen molar-refractivity contribution < 1.29 is 25.2 Å². The number of carbonyl (C=O) groups is 1. The molecule has 0 rings (SSSR count). The molecular weight excluding hydrogens is 310 g/mol. The van der Waals surface area contributed by atoms with Gasteiger partial charge in [-0.1, -0.05) is 27.2 Å². The van der Waals surface area contributed by atoms with E-state index in [0.717, 1.165) is 32.3 Å². The minimum Gasteiger partial charge on any atom is -0.379 e. The highest BCUT2D eigenvalue weighted by Crippen LogP contribution is 2.06. The van der Waals surface area contributed by atoms with Crippen LogP contribution in [-0.2, 0) is 23.7 Å². The highest BCUT2D eigenvalue weighted by atomic mass is 16.6. The number of nitrogens with one attached hydrogen (secondary N) is 1. The maximum absolute atomic E-state index is 11.7. The topological polar surface area (TPSA) is 66.0 Å². The Labute approximate surface area is 149 Å². The van der Waals surface area contributed by atoms with E-state index in [-0.39, 0.29) is 13.3 Å². The van der Waals surface area contributed by atoms with Crippen LogP contribution >= 0.6 is 0 Å². The lowest BCUT2D eigenvalue weighted by Gasteiger charge is -2.12. The number of ether oxygens (including phenoxy) is 4. The van der Waals surface area contributed by atoms with Crippen molar-refractivity contribution in [2.75, 3.05) is 59.4 Å². The van der Waals surface area contributed by atoms with Crippen molar-refractivity contribution >= 4 is 5.91 Å². The van der Waals surface area contributed by atoms with Crippen molar-refractivity contribution in [3.63, 3.8) is 0 Å². The molecule has 0 aromatic rings. The molecule has 1 amide bonds. The third-order valence-electron chi connectivity index (χ3n) is 3.66.